The van der Waals surface area contributed by atoms with Crippen molar-refractivity contribution < 1.29 is 27.8 Å². The molecule has 7 nitrogen and oxygen atoms in total. The van der Waals surface area contributed by atoms with E-state index in [4.69, 9.17) is 9.47 Å². The first-order valence-electron chi connectivity index (χ1n) is 8.18. The van der Waals surface area contributed by atoms with Crippen LogP contribution in [0.4, 0.5) is 0 Å². The molecule has 0 spiro atoms. The first kappa shape index (κ1) is 16.9. The van der Waals surface area contributed by atoms with E-state index >= 15 is 0 Å². The number of nitrogens with zero attached hydrogens (tertiary/aromatic N) is 1. The van der Waals surface area contributed by atoms with Gasteiger partial charge in [-0.25, -0.2) is 8.42 Å². The molecule has 0 fully saturated rings. The van der Waals surface area contributed by atoms with Crippen molar-refractivity contribution in [2.75, 3.05) is 13.2 Å². The molecule has 0 bridgehead atoms. The molecule has 8 heteroatoms. The molecule has 0 aromatic heterocycles. The first-order chi connectivity index (χ1) is 12.5. The number of carbonyl (C=O) groups is 1. The van der Waals surface area contributed by atoms with E-state index in [0.29, 0.717) is 24.7 Å². The Bertz CT molecular complexity index is 971. The van der Waals surface area contributed by atoms with Crippen molar-refractivity contribution in [2.24, 2.45) is 0 Å². The van der Waals surface area contributed by atoms with Crippen molar-refractivity contribution in [3.05, 3.63) is 53.6 Å². The standard InChI is InChI=1S/C18H17NO6S/c20-18(21)15-9-12-3-1-2-4-13(12)11-19(15)26(22,23)14-5-6-16-17(10-14)25-8-7-24-16/h1-6,10,15H,7-9,11H2,(H,20,21)/t15-/m1/s1. The molecular weight excluding hydrogens is 358 g/mol. The van der Waals surface area contributed by atoms with Gasteiger partial charge in [0.05, 0.1) is 4.90 Å². The molecule has 1 N–H and O–H groups in total. The van der Waals surface area contributed by atoms with Crippen LogP contribution in [-0.2, 0) is 27.8 Å². The van der Waals surface area contributed by atoms with Crippen molar-refractivity contribution in [1.29, 1.82) is 0 Å². The average Bonchev–Trinajstić information content (AvgIpc) is 2.66. The van der Waals surface area contributed by atoms with Gasteiger partial charge in [-0.1, -0.05) is 24.3 Å². The summed E-state index contributed by atoms with van der Waals surface area (Å²) in [6.07, 6.45) is 0.134. The molecule has 2 heterocycles. The second-order valence-electron chi connectivity index (χ2n) is 6.18. The Kier molecular flexibility index (Phi) is 4.08. The monoisotopic (exact) mass is 375 g/mol. The third-order valence-electron chi connectivity index (χ3n) is 4.61. The van der Waals surface area contributed by atoms with Crippen molar-refractivity contribution in [3.63, 3.8) is 0 Å². The molecule has 26 heavy (non-hydrogen) atoms. The summed E-state index contributed by atoms with van der Waals surface area (Å²) in [5.74, 6) is -0.337. The summed E-state index contributed by atoms with van der Waals surface area (Å²) < 4.78 is 38.2. The molecule has 136 valence electrons. The highest BCUT2D eigenvalue weighted by molar-refractivity contribution is 7.89. The van der Waals surface area contributed by atoms with Crippen LogP contribution < -0.4 is 9.47 Å². The summed E-state index contributed by atoms with van der Waals surface area (Å²) >= 11 is 0. The molecule has 2 aliphatic rings. The number of aliphatic carboxylic acids is 1. The average molecular weight is 375 g/mol. The Labute approximate surface area is 150 Å². The van der Waals surface area contributed by atoms with Gasteiger partial charge in [0, 0.05) is 19.0 Å². The number of fused-ring (bicyclic) bond motifs is 2. The van der Waals surface area contributed by atoms with Gasteiger partial charge in [-0.05, 0) is 23.3 Å². The van der Waals surface area contributed by atoms with Crippen LogP contribution in [0, 0.1) is 0 Å². The number of ether oxygens (including phenoxy) is 2. The van der Waals surface area contributed by atoms with Crippen molar-refractivity contribution >= 4 is 16.0 Å². The molecule has 2 aliphatic heterocycles. The van der Waals surface area contributed by atoms with Crippen LogP contribution in [0.1, 0.15) is 11.1 Å². The van der Waals surface area contributed by atoms with E-state index in [1.807, 2.05) is 24.3 Å². The zero-order valence-corrected chi connectivity index (χ0v) is 14.6. The molecular formula is C18H17NO6S. The quantitative estimate of drug-likeness (QED) is 0.877. The van der Waals surface area contributed by atoms with E-state index in [2.05, 4.69) is 0 Å². The molecule has 0 amide bonds. The summed E-state index contributed by atoms with van der Waals surface area (Å²) in [4.78, 5) is 11.7. The number of benzene rings is 2. The van der Waals surface area contributed by atoms with E-state index < -0.39 is 22.0 Å². The van der Waals surface area contributed by atoms with Crippen molar-refractivity contribution in [1.82, 2.24) is 4.31 Å². The third-order valence-corrected chi connectivity index (χ3v) is 6.46. The molecule has 2 aromatic rings. The lowest BCUT2D eigenvalue weighted by molar-refractivity contribution is -0.141. The fourth-order valence-corrected chi connectivity index (χ4v) is 4.86. The van der Waals surface area contributed by atoms with Gasteiger partial charge in [-0.15, -0.1) is 0 Å². The maximum Gasteiger partial charge on any atom is 0.322 e. The minimum atomic E-state index is -4.02. The van der Waals surface area contributed by atoms with Gasteiger partial charge in [-0.2, -0.15) is 4.31 Å². The molecule has 0 saturated carbocycles. The van der Waals surface area contributed by atoms with Gasteiger partial charge in [0.2, 0.25) is 10.0 Å². The minimum absolute atomic E-state index is 0.00705. The van der Waals surface area contributed by atoms with Crippen LogP contribution in [0.2, 0.25) is 0 Å². The Morgan fingerprint density at radius 1 is 1.04 bits per heavy atom. The summed E-state index contributed by atoms with van der Waals surface area (Å²) in [5.41, 5.74) is 1.67. The normalized spacial score (nSPS) is 19.6. The number of hydrogen-bond donors (Lipinski definition) is 1. The highest BCUT2D eigenvalue weighted by Crippen LogP contribution is 2.35. The van der Waals surface area contributed by atoms with Crippen molar-refractivity contribution in [2.45, 2.75) is 23.9 Å². The lowest BCUT2D eigenvalue weighted by Crippen LogP contribution is -2.48. The van der Waals surface area contributed by atoms with Crippen LogP contribution in [0.25, 0.3) is 0 Å². The largest absolute Gasteiger partial charge is 0.486 e. The Morgan fingerprint density at radius 2 is 1.73 bits per heavy atom. The molecule has 0 saturated heterocycles. The number of carboxylic acid groups (broad SMARTS) is 1. The zero-order valence-electron chi connectivity index (χ0n) is 13.8. The van der Waals surface area contributed by atoms with E-state index in [0.717, 1.165) is 15.4 Å². The van der Waals surface area contributed by atoms with E-state index in [1.54, 1.807) is 0 Å². The number of sulfonamides is 1. The topological polar surface area (TPSA) is 93.1 Å². The summed E-state index contributed by atoms with van der Waals surface area (Å²) in [6.45, 7) is 0.762. The van der Waals surface area contributed by atoms with Gasteiger partial charge in [0.25, 0.3) is 0 Å². The molecule has 0 unspecified atom stereocenters. The molecule has 2 aromatic carbocycles. The number of rotatable bonds is 3. The van der Waals surface area contributed by atoms with Crippen LogP contribution in [0.3, 0.4) is 0 Å². The van der Waals surface area contributed by atoms with Gasteiger partial charge >= 0.3 is 5.97 Å². The second kappa shape index (κ2) is 6.30. The van der Waals surface area contributed by atoms with E-state index in [-0.39, 0.29) is 17.9 Å². The summed E-state index contributed by atoms with van der Waals surface area (Å²) in [5, 5.41) is 9.59. The van der Waals surface area contributed by atoms with E-state index in [9.17, 15) is 18.3 Å². The highest BCUT2D eigenvalue weighted by atomic mass is 32.2. The lowest BCUT2D eigenvalue weighted by Gasteiger charge is -2.33. The molecule has 1 atom stereocenters. The maximum atomic E-state index is 13.2. The smallest absolute Gasteiger partial charge is 0.322 e. The van der Waals surface area contributed by atoms with Gasteiger partial charge in [0.1, 0.15) is 19.3 Å². The minimum Gasteiger partial charge on any atom is -0.486 e. The maximum absolute atomic E-state index is 13.2. The van der Waals surface area contributed by atoms with Crippen molar-refractivity contribution in [3.8, 4) is 11.5 Å². The Morgan fingerprint density at radius 3 is 2.46 bits per heavy atom. The Hall–Kier alpha value is -2.58. The van der Waals surface area contributed by atoms with Crippen LogP contribution >= 0.6 is 0 Å². The number of carboxylic acids is 1. The lowest BCUT2D eigenvalue weighted by atomic mass is 9.96. The predicted molar refractivity (Wildman–Crippen MR) is 91.7 cm³/mol. The van der Waals surface area contributed by atoms with Crippen LogP contribution in [0.15, 0.2) is 47.4 Å². The highest BCUT2D eigenvalue weighted by Gasteiger charge is 2.40. The summed E-state index contributed by atoms with van der Waals surface area (Å²) in [6, 6.07) is 10.5. The second-order valence-corrected chi connectivity index (χ2v) is 8.07. The fourth-order valence-electron chi connectivity index (χ4n) is 3.28. The van der Waals surface area contributed by atoms with Gasteiger partial charge in [-0.3, -0.25) is 4.79 Å². The van der Waals surface area contributed by atoms with Gasteiger partial charge < -0.3 is 14.6 Å². The van der Waals surface area contributed by atoms with Crippen LogP contribution in [-0.4, -0.2) is 43.1 Å². The fraction of sp³-hybridized carbons (Fsp3) is 0.278. The van der Waals surface area contributed by atoms with E-state index in [1.165, 1.54) is 18.2 Å². The van der Waals surface area contributed by atoms with Crippen LogP contribution in [0.5, 0.6) is 11.5 Å². The summed E-state index contributed by atoms with van der Waals surface area (Å²) in [7, 11) is -4.02. The van der Waals surface area contributed by atoms with Gasteiger partial charge in [0.15, 0.2) is 11.5 Å². The first-order valence-corrected chi connectivity index (χ1v) is 9.62. The Balaban J connectivity index is 1.75. The zero-order chi connectivity index (χ0) is 18.3. The predicted octanol–water partition coefficient (Wildman–Crippen LogP) is 1.66. The third kappa shape index (κ3) is 2.81. The SMILES string of the molecule is O=C(O)[C@H]1Cc2ccccc2CN1S(=O)(=O)c1ccc2c(c1)OCCO2. The molecule has 4 rings (SSSR count). The molecule has 0 aliphatic carbocycles. The number of hydrogen-bond acceptors (Lipinski definition) is 5. The molecule has 0 radical (unpaired) electrons.